The molecule has 2 rings (SSSR count). The normalized spacial score (nSPS) is 21.1. The first-order valence-corrected chi connectivity index (χ1v) is 12.1. The number of quaternary nitrogens is 1. The highest BCUT2D eigenvalue weighted by molar-refractivity contribution is 6.76. The summed E-state index contributed by atoms with van der Waals surface area (Å²) in [5, 5.41) is 0. The highest BCUT2D eigenvalue weighted by Gasteiger charge is 2.30. The maximum atomic E-state index is 5.92. The minimum absolute atomic E-state index is 0. The number of nitrogens with zero attached hydrogens (tertiary/aromatic N) is 1. The van der Waals surface area contributed by atoms with Crippen molar-refractivity contribution in [2.45, 2.75) is 44.9 Å². The first kappa shape index (κ1) is 20.1. The molecule has 1 heterocycles. The van der Waals surface area contributed by atoms with E-state index in [2.05, 4.69) is 51.0 Å². The lowest BCUT2D eigenvalue weighted by atomic mass is 10.00. The van der Waals surface area contributed by atoms with Crippen molar-refractivity contribution >= 4 is 13.8 Å². The van der Waals surface area contributed by atoms with Crippen molar-refractivity contribution in [3.63, 3.8) is 0 Å². The summed E-state index contributed by atoms with van der Waals surface area (Å²) in [6.45, 7) is 11.5. The third kappa shape index (κ3) is 5.94. The van der Waals surface area contributed by atoms with Crippen molar-refractivity contribution in [3.05, 3.63) is 29.8 Å². The van der Waals surface area contributed by atoms with E-state index in [0.29, 0.717) is 0 Å². The Morgan fingerprint density at radius 2 is 1.86 bits per heavy atom. The average molecular weight is 433 g/mol. The second kappa shape index (κ2) is 8.80. The highest BCUT2D eigenvalue weighted by Crippen LogP contribution is 2.31. The Balaban J connectivity index is 0.00000242. The number of halogens is 1. The molecule has 1 aromatic carbocycles. The molecule has 2 nitrogen and oxygen atoms in total. The minimum Gasteiger partial charge on any atom is -1.00 e. The van der Waals surface area contributed by atoms with Gasteiger partial charge < -0.3 is 28.7 Å². The molecular formula is C18H32INOSi. The highest BCUT2D eigenvalue weighted by atomic mass is 127. The molecule has 22 heavy (non-hydrogen) atoms. The maximum Gasteiger partial charge on any atom is 0.135 e. The summed E-state index contributed by atoms with van der Waals surface area (Å²) < 4.78 is 6.96. The predicted molar refractivity (Wildman–Crippen MR) is 95.8 cm³/mol. The maximum absolute atomic E-state index is 5.92. The largest absolute Gasteiger partial charge is 1.00 e. The predicted octanol–water partition coefficient (Wildman–Crippen LogP) is 1.32. The van der Waals surface area contributed by atoms with Crippen molar-refractivity contribution in [1.29, 1.82) is 0 Å². The lowest BCUT2D eigenvalue weighted by molar-refractivity contribution is -0.00000574. The third-order valence-corrected chi connectivity index (χ3v) is 6.47. The molecule has 1 unspecified atom stereocenters. The minimum atomic E-state index is -0.896. The molecule has 0 amide bonds. The van der Waals surface area contributed by atoms with Gasteiger partial charge in [0.25, 0.3) is 0 Å². The van der Waals surface area contributed by atoms with Crippen LogP contribution in [0.2, 0.25) is 25.7 Å². The van der Waals surface area contributed by atoms with E-state index in [1.165, 1.54) is 43.1 Å². The van der Waals surface area contributed by atoms with E-state index in [0.717, 1.165) is 24.2 Å². The summed E-state index contributed by atoms with van der Waals surface area (Å²) in [6, 6.07) is 10.3. The van der Waals surface area contributed by atoms with Crippen molar-refractivity contribution < 1.29 is 28.7 Å². The quantitative estimate of drug-likeness (QED) is 0.273. The van der Waals surface area contributed by atoms with Crippen LogP contribution in [0.5, 0.6) is 0 Å². The van der Waals surface area contributed by atoms with E-state index in [1.807, 2.05) is 0 Å². The van der Waals surface area contributed by atoms with Crippen LogP contribution in [0.15, 0.2) is 24.3 Å². The zero-order valence-electron chi connectivity index (χ0n) is 14.7. The van der Waals surface area contributed by atoms with Crippen LogP contribution < -0.4 is 28.5 Å². The van der Waals surface area contributed by atoms with Crippen LogP contribution in [-0.4, -0.2) is 41.4 Å². The number of ether oxygens (including phenoxy) is 1. The third-order valence-electron chi connectivity index (χ3n) is 4.62. The number of para-hydroxylation sites is 1. The molecule has 1 aromatic rings. The summed E-state index contributed by atoms with van der Waals surface area (Å²) in [4.78, 5) is 0. The van der Waals surface area contributed by atoms with Crippen LogP contribution in [-0.2, 0) is 11.2 Å². The van der Waals surface area contributed by atoms with Gasteiger partial charge in [-0.3, -0.25) is 4.48 Å². The molecule has 1 aliphatic rings. The van der Waals surface area contributed by atoms with E-state index in [-0.39, 0.29) is 24.0 Å². The van der Waals surface area contributed by atoms with Crippen molar-refractivity contribution in [1.82, 2.24) is 4.48 Å². The van der Waals surface area contributed by atoms with Crippen LogP contribution in [0.1, 0.15) is 18.4 Å². The number of hydrogen-bond donors (Lipinski definition) is 0. The zero-order valence-corrected chi connectivity index (χ0v) is 17.9. The second-order valence-electron chi connectivity index (χ2n) is 7.85. The van der Waals surface area contributed by atoms with Crippen molar-refractivity contribution in [2.24, 2.45) is 0 Å². The van der Waals surface area contributed by atoms with Crippen LogP contribution in [0.3, 0.4) is 0 Å². The van der Waals surface area contributed by atoms with E-state index < -0.39 is 8.07 Å². The molecule has 0 saturated heterocycles. The van der Waals surface area contributed by atoms with Crippen LogP contribution in [0.25, 0.3) is 0 Å². The summed E-state index contributed by atoms with van der Waals surface area (Å²) >= 11 is 0. The van der Waals surface area contributed by atoms with Gasteiger partial charge in [-0.25, -0.2) is 0 Å². The number of rotatable bonds is 7. The van der Waals surface area contributed by atoms with Gasteiger partial charge in [0.1, 0.15) is 12.2 Å². The molecule has 0 aromatic heterocycles. The molecule has 0 saturated carbocycles. The SMILES string of the molecule is C[N+]1(CCOCCC[Si](C)(C)C)CCCc2ccccc21.[I-]. The van der Waals surface area contributed by atoms with Gasteiger partial charge in [-0.05, 0) is 18.9 Å². The fraction of sp³-hybridized carbons (Fsp3) is 0.667. The molecule has 0 aliphatic carbocycles. The Morgan fingerprint density at radius 3 is 2.59 bits per heavy atom. The van der Waals surface area contributed by atoms with Gasteiger partial charge in [0, 0.05) is 26.7 Å². The summed E-state index contributed by atoms with van der Waals surface area (Å²) in [7, 11) is 1.47. The van der Waals surface area contributed by atoms with Crippen LogP contribution in [0.4, 0.5) is 5.69 Å². The lowest BCUT2D eigenvalue weighted by Gasteiger charge is -2.38. The zero-order chi connectivity index (χ0) is 15.3. The van der Waals surface area contributed by atoms with Crippen molar-refractivity contribution in [3.8, 4) is 0 Å². The molecule has 0 fully saturated rings. The molecular weight excluding hydrogens is 401 g/mol. The number of fused-ring (bicyclic) bond motifs is 1. The Labute approximate surface area is 154 Å². The van der Waals surface area contributed by atoms with Gasteiger partial charge in [0.15, 0.2) is 0 Å². The Bertz CT molecular complexity index is 461. The molecule has 1 aliphatic heterocycles. The molecule has 0 radical (unpaired) electrons. The standard InChI is InChI=1S/C18H32NOSi.HI/c1-19(13-15-20-14-8-16-21(2,3)4)12-7-10-17-9-5-6-11-18(17)19;/h5-6,9,11H,7-8,10,12-16H2,1-4H3;1H/q+1;/p-1. The van der Waals surface area contributed by atoms with Crippen LogP contribution >= 0.6 is 0 Å². The molecule has 0 spiro atoms. The van der Waals surface area contributed by atoms with Crippen LogP contribution in [0, 0.1) is 0 Å². The average Bonchev–Trinajstić information content (AvgIpc) is 2.42. The summed E-state index contributed by atoms with van der Waals surface area (Å²) in [5.41, 5.74) is 3.04. The smallest absolute Gasteiger partial charge is 0.135 e. The molecule has 0 N–H and O–H groups in total. The summed E-state index contributed by atoms with van der Waals surface area (Å²) in [6.07, 6.45) is 3.76. The first-order valence-electron chi connectivity index (χ1n) is 8.42. The van der Waals surface area contributed by atoms with Crippen molar-refractivity contribution in [2.75, 3.05) is 33.4 Å². The Morgan fingerprint density at radius 1 is 1.14 bits per heavy atom. The summed E-state index contributed by atoms with van der Waals surface area (Å²) in [5.74, 6) is 0. The number of benzene rings is 1. The van der Waals surface area contributed by atoms with E-state index >= 15 is 0 Å². The van der Waals surface area contributed by atoms with Gasteiger partial charge >= 0.3 is 0 Å². The second-order valence-corrected chi connectivity index (χ2v) is 13.5. The molecule has 1 atom stereocenters. The van der Waals surface area contributed by atoms with Gasteiger partial charge in [-0.1, -0.05) is 43.9 Å². The van der Waals surface area contributed by atoms with E-state index in [4.69, 9.17) is 4.74 Å². The molecule has 0 bridgehead atoms. The Hall–Kier alpha value is 0.0869. The monoisotopic (exact) mass is 433 g/mol. The fourth-order valence-electron chi connectivity index (χ4n) is 3.29. The Kier molecular flexibility index (Phi) is 8.06. The van der Waals surface area contributed by atoms with E-state index in [1.54, 1.807) is 0 Å². The van der Waals surface area contributed by atoms with Gasteiger partial charge in [0.05, 0.1) is 20.2 Å². The van der Waals surface area contributed by atoms with E-state index in [9.17, 15) is 0 Å². The fourth-order valence-corrected chi connectivity index (χ4v) is 4.50. The molecule has 126 valence electrons. The topological polar surface area (TPSA) is 9.23 Å². The number of aryl methyl sites for hydroxylation is 1. The number of likely N-dealkylation sites (N-methyl/N-ethyl adjacent to an activating group) is 1. The van der Waals surface area contributed by atoms with Gasteiger partial charge in [-0.15, -0.1) is 0 Å². The number of hydrogen-bond acceptors (Lipinski definition) is 1. The lowest BCUT2D eigenvalue weighted by Crippen LogP contribution is -3.00. The van der Waals surface area contributed by atoms with Gasteiger partial charge in [-0.2, -0.15) is 0 Å². The first-order chi connectivity index (χ1) is 9.91. The van der Waals surface area contributed by atoms with Gasteiger partial charge in [0.2, 0.25) is 0 Å². The molecule has 4 heteroatoms.